The molecule has 0 bridgehead atoms. The van der Waals surface area contributed by atoms with E-state index in [1.807, 2.05) is 0 Å². The van der Waals surface area contributed by atoms with E-state index in [4.69, 9.17) is 4.42 Å². The highest BCUT2D eigenvalue weighted by molar-refractivity contribution is 6.32. The molecule has 288 valence electrons. The number of fused-ring (bicyclic) bond motifs is 11. The Hall–Kier alpha value is -7.68. The van der Waals surface area contributed by atoms with E-state index in [1.54, 1.807) is 0 Å². The van der Waals surface area contributed by atoms with E-state index in [0.717, 1.165) is 66.6 Å². The van der Waals surface area contributed by atoms with E-state index in [-0.39, 0.29) is 5.41 Å². The van der Waals surface area contributed by atoms with Crippen LogP contribution in [0.2, 0.25) is 0 Å². The first-order chi connectivity index (χ1) is 30.0. The molecular weight excluding hydrogens is 739 g/mol. The maximum atomic E-state index is 6.99. The van der Waals surface area contributed by atoms with Gasteiger partial charge in [-0.1, -0.05) is 178 Å². The molecule has 2 heteroatoms. The van der Waals surface area contributed by atoms with Crippen LogP contribution in [0.5, 0.6) is 0 Å². The first-order valence-corrected chi connectivity index (χ1v) is 21.2. The zero-order chi connectivity index (χ0) is 40.7. The first kappa shape index (κ1) is 35.3. The average molecular weight is 780 g/mol. The Morgan fingerprint density at radius 2 is 0.852 bits per heavy atom. The van der Waals surface area contributed by atoms with Gasteiger partial charge in [0.25, 0.3) is 0 Å². The number of anilines is 3. The van der Waals surface area contributed by atoms with Gasteiger partial charge < -0.3 is 9.32 Å². The minimum atomic E-state index is -0.118. The van der Waals surface area contributed by atoms with Crippen molar-refractivity contribution >= 4 is 60.5 Å². The summed E-state index contributed by atoms with van der Waals surface area (Å²) in [7, 11) is 0. The molecule has 10 aromatic carbocycles. The van der Waals surface area contributed by atoms with Gasteiger partial charge in [-0.3, -0.25) is 0 Å². The van der Waals surface area contributed by atoms with Gasteiger partial charge in [0.1, 0.15) is 11.2 Å². The summed E-state index contributed by atoms with van der Waals surface area (Å²) in [6, 6.07) is 77.2. The molecule has 0 saturated heterocycles. The van der Waals surface area contributed by atoms with E-state index in [2.05, 4.69) is 231 Å². The van der Waals surface area contributed by atoms with Crippen molar-refractivity contribution in [3.63, 3.8) is 0 Å². The third-order valence-electron chi connectivity index (χ3n) is 13.1. The van der Waals surface area contributed by atoms with Crippen LogP contribution in [-0.2, 0) is 5.41 Å². The zero-order valence-corrected chi connectivity index (χ0v) is 34.1. The predicted octanol–water partition coefficient (Wildman–Crippen LogP) is 16.7. The molecule has 1 aliphatic rings. The van der Waals surface area contributed by atoms with Crippen LogP contribution >= 0.6 is 0 Å². The number of nitrogens with zero attached hydrogens (tertiary/aromatic N) is 1. The minimum absolute atomic E-state index is 0.118. The van der Waals surface area contributed by atoms with Gasteiger partial charge in [0.15, 0.2) is 0 Å². The summed E-state index contributed by atoms with van der Waals surface area (Å²) in [5, 5.41) is 7.06. The van der Waals surface area contributed by atoms with Crippen molar-refractivity contribution in [1.29, 1.82) is 0 Å². The van der Waals surface area contributed by atoms with Gasteiger partial charge in [-0.2, -0.15) is 0 Å². The van der Waals surface area contributed by atoms with E-state index < -0.39 is 0 Å². The second-order valence-electron chi connectivity index (χ2n) is 16.9. The summed E-state index contributed by atoms with van der Waals surface area (Å²) in [6.07, 6.45) is 0. The van der Waals surface area contributed by atoms with E-state index in [1.165, 1.54) is 49.5 Å². The molecule has 0 atom stereocenters. The van der Waals surface area contributed by atoms with Crippen LogP contribution in [0.1, 0.15) is 25.0 Å². The van der Waals surface area contributed by atoms with Gasteiger partial charge in [-0.05, 0) is 120 Å². The molecule has 0 fully saturated rings. The van der Waals surface area contributed by atoms with Crippen LogP contribution in [-0.4, -0.2) is 0 Å². The molecule has 61 heavy (non-hydrogen) atoms. The number of hydrogen-bond donors (Lipinski definition) is 0. The third-order valence-corrected chi connectivity index (χ3v) is 13.1. The van der Waals surface area contributed by atoms with Gasteiger partial charge in [0.05, 0.1) is 0 Å². The zero-order valence-electron chi connectivity index (χ0n) is 34.1. The fourth-order valence-corrected chi connectivity index (χ4v) is 10.1. The minimum Gasteiger partial charge on any atom is -0.455 e. The molecule has 1 heterocycles. The van der Waals surface area contributed by atoms with Crippen LogP contribution in [0, 0.1) is 0 Å². The Morgan fingerprint density at radius 1 is 0.344 bits per heavy atom. The highest BCUT2D eigenvalue weighted by Crippen LogP contribution is 2.51. The van der Waals surface area contributed by atoms with Gasteiger partial charge in [0.2, 0.25) is 0 Å². The molecule has 0 aliphatic heterocycles. The topological polar surface area (TPSA) is 16.4 Å². The Morgan fingerprint density at radius 3 is 1.54 bits per heavy atom. The second kappa shape index (κ2) is 13.7. The van der Waals surface area contributed by atoms with Crippen molar-refractivity contribution in [3.05, 3.63) is 223 Å². The van der Waals surface area contributed by atoms with Crippen LogP contribution in [0.3, 0.4) is 0 Å². The predicted molar refractivity (Wildman–Crippen MR) is 257 cm³/mol. The van der Waals surface area contributed by atoms with Crippen molar-refractivity contribution in [2.24, 2.45) is 0 Å². The number of benzene rings is 10. The van der Waals surface area contributed by atoms with Crippen molar-refractivity contribution in [1.82, 2.24) is 0 Å². The van der Waals surface area contributed by atoms with Crippen LogP contribution in [0.25, 0.3) is 88.0 Å². The smallest absolute Gasteiger partial charge is 0.143 e. The summed E-state index contributed by atoms with van der Waals surface area (Å²) in [5.74, 6) is 0. The third kappa shape index (κ3) is 5.56. The summed E-state index contributed by atoms with van der Waals surface area (Å²) >= 11 is 0. The van der Waals surface area contributed by atoms with E-state index in [0.29, 0.717) is 0 Å². The highest BCUT2D eigenvalue weighted by Gasteiger charge is 2.35. The lowest BCUT2D eigenvalue weighted by atomic mass is 9.82. The second-order valence-corrected chi connectivity index (χ2v) is 16.9. The number of hydrogen-bond acceptors (Lipinski definition) is 2. The summed E-state index contributed by atoms with van der Waals surface area (Å²) in [5.41, 5.74) is 17.4. The summed E-state index contributed by atoms with van der Waals surface area (Å²) in [6.45, 7) is 4.70. The molecule has 2 nitrogen and oxygen atoms in total. The van der Waals surface area contributed by atoms with Crippen molar-refractivity contribution in [2.75, 3.05) is 4.90 Å². The van der Waals surface area contributed by atoms with Gasteiger partial charge >= 0.3 is 0 Å². The molecule has 1 aromatic heterocycles. The SMILES string of the molecule is CC1(C)c2ccccc2-c2ccc(N(c3ccc(-c4ccccc4)cc3)c3ccc(-c4cc(-c5ccccc5)cc5oc6c7ccccc7c7ccccc7c6c45)cc3)cc21. The Kier molecular flexibility index (Phi) is 7.92. The van der Waals surface area contributed by atoms with Gasteiger partial charge in [0, 0.05) is 38.6 Å². The summed E-state index contributed by atoms with van der Waals surface area (Å²) < 4.78 is 6.99. The highest BCUT2D eigenvalue weighted by atomic mass is 16.3. The molecule has 0 spiro atoms. The van der Waals surface area contributed by atoms with Gasteiger partial charge in [-0.15, -0.1) is 0 Å². The number of furan rings is 1. The number of rotatable bonds is 6. The molecular formula is C59H41NO. The molecule has 0 unspecified atom stereocenters. The largest absolute Gasteiger partial charge is 0.455 e. The lowest BCUT2D eigenvalue weighted by Crippen LogP contribution is -2.16. The average Bonchev–Trinajstić information content (AvgIpc) is 3.83. The monoisotopic (exact) mass is 779 g/mol. The maximum absolute atomic E-state index is 6.99. The molecule has 0 saturated carbocycles. The molecule has 12 rings (SSSR count). The Labute approximate surface area is 355 Å². The van der Waals surface area contributed by atoms with Crippen LogP contribution < -0.4 is 4.90 Å². The lowest BCUT2D eigenvalue weighted by molar-refractivity contribution is 0.660. The lowest BCUT2D eigenvalue weighted by Gasteiger charge is -2.28. The van der Waals surface area contributed by atoms with Crippen LogP contribution in [0.15, 0.2) is 217 Å². The maximum Gasteiger partial charge on any atom is 0.143 e. The van der Waals surface area contributed by atoms with Crippen molar-refractivity contribution in [2.45, 2.75) is 19.3 Å². The van der Waals surface area contributed by atoms with Gasteiger partial charge in [-0.25, -0.2) is 0 Å². The fraction of sp³-hybridized carbons (Fsp3) is 0.0508. The van der Waals surface area contributed by atoms with Crippen molar-refractivity contribution < 1.29 is 4.42 Å². The molecule has 0 radical (unpaired) electrons. The normalized spacial score (nSPS) is 12.9. The molecule has 1 aliphatic carbocycles. The molecule has 0 N–H and O–H groups in total. The quantitative estimate of drug-likeness (QED) is 0.156. The molecule has 11 aromatic rings. The Balaban J connectivity index is 1.05. The molecule has 0 amide bonds. The first-order valence-electron chi connectivity index (χ1n) is 21.2. The fourth-order valence-electron chi connectivity index (χ4n) is 10.1. The Bertz CT molecular complexity index is 3470. The van der Waals surface area contributed by atoms with Crippen molar-refractivity contribution in [3.8, 4) is 44.5 Å². The summed E-state index contributed by atoms with van der Waals surface area (Å²) in [4.78, 5) is 2.40. The standard InChI is InChI=1S/C59H41NO/c1-59(2)53-24-14-13-21-48(53)49-34-33-45(37-54(49)59)60(43-29-25-40(26-30-43)38-15-5-3-6-16-38)44-31-27-41(28-32-44)52-35-42(39-17-7-4-8-18-39)36-55-56(52)57-50-22-11-9-19-46(50)47-20-10-12-23-51(47)58(57)61-55/h3-37H,1-2H3. The van der Waals surface area contributed by atoms with E-state index in [9.17, 15) is 0 Å². The van der Waals surface area contributed by atoms with E-state index >= 15 is 0 Å². The van der Waals surface area contributed by atoms with Crippen LogP contribution in [0.4, 0.5) is 17.1 Å².